The Labute approximate surface area is 141 Å². The highest BCUT2D eigenvalue weighted by Crippen LogP contribution is 2.46. The third kappa shape index (κ3) is 2.52. The molecule has 1 aliphatic heterocycles. The molecular weight excluding hydrogens is 336 g/mol. The lowest BCUT2D eigenvalue weighted by Gasteiger charge is -2.30. The van der Waals surface area contributed by atoms with E-state index in [0.717, 1.165) is 20.3 Å². The second kappa shape index (κ2) is 5.85. The lowest BCUT2D eigenvalue weighted by molar-refractivity contribution is -0.159. The number of Topliss-reactive ketones (excluding diaryl/α,β-unsaturated/α-hetero) is 1. The number of ether oxygens (including phenoxy) is 3. The van der Waals surface area contributed by atoms with Gasteiger partial charge in [-0.15, -0.1) is 0 Å². The number of furan rings is 1. The van der Waals surface area contributed by atoms with Crippen molar-refractivity contribution in [1.82, 2.24) is 0 Å². The average Bonchev–Trinajstić information content (AvgIpc) is 3.17. The molecule has 0 unspecified atom stereocenters. The van der Waals surface area contributed by atoms with Crippen LogP contribution in [0.2, 0.25) is 0 Å². The van der Waals surface area contributed by atoms with E-state index >= 15 is 0 Å². The summed E-state index contributed by atoms with van der Waals surface area (Å²) < 4.78 is 19.3. The molecular formula is C16H14O9. The summed E-state index contributed by atoms with van der Waals surface area (Å²) in [5.74, 6) is -6.50. The van der Waals surface area contributed by atoms with E-state index < -0.39 is 47.2 Å². The van der Waals surface area contributed by atoms with Gasteiger partial charge in [0.25, 0.3) is 0 Å². The van der Waals surface area contributed by atoms with Gasteiger partial charge in [0.05, 0.1) is 24.9 Å². The number of esters is 3. The highest BCUT2D eigenvalue weighted by Gasteiger charge is 2.65. The number of rotatable bonds is 3. The third-order valence-corrected chi connectivity index (χ3v) is 4.32. The molecule has 1 aromatic rings. The van der Waals surface area contributed by atoms with Crippen LogP contribution < -0.4 is 0 Å². The first kappa shape index (κ1) is 16.9. The van der Waals surface area contributed by atoms with Crippen molar-refractivity contribution in [2.24, 2.45) is 11.8 Å². The highest BCUT2D eigenvalue weighted by atomic mass is 16.6. The number of aliphatic hydroxyl groups is 1. The van der Waals surface area contributed by atoms with Crippen LogP contribution in [0.15, 0.2) is 34.6 Å². The molecule has 0 bridgehead atoms. The summed E-state index contributed by atoms with van der Waals surface area (Å²) in [6.07, 6.45) is 0.374. The maximum Gasteiger partial charge on any atom is 0.375 e. The molecule has 0 saturated heterocycles. The predicted molar refractivity (Wildman–Crippen MR) is 76.7 cm³/mol. The van der Waals surface area contributed by atoms with Gasteiger partial charge in [0.2, 0.25) is 5.76 Å². The summed E-state index contributed by atoms with van der Waals surface area (Å²) in [4.78, 5) is 48.7. The van der Waals surface area contributed by atoms with Crippen LogP contribution in [0.25, 0.3) is 0 Å². The lowest BCUT2D eigenvalue weighted by atomic mass is 9.81. The molecule has 1 fully saturated rings. The van der Waals surface area contributed by atoms with Crippen molar-refractivity contribution < 1.29 is 42.9 Å². The molecule has 2 aliphatic rings. The van der Waals surface area contributed by atoms with Crippen molar-refractivity contribution >= 4 is 23.7 Å². The van der Waals surface area contributed by atoms with Crippen LogP contribution in [0.1, 0.15) is 17.5 Å². The zero-order valence-electron chi connectivity index (χ0n) is 13.3. The van der Waals surface area contributed by atoms with Gasteiger partial charge in [-0.2, -0.15) is 0 Å². The van der Waals surface area contributed by atoms with Gasteiger partial charge in [-0.25, -0.2) is 9.59 Å². The molecule has 1 aliphatic carbocycles. The zero-order chi connectivity index (χ0) is 18.4. The highest BCUT2D eigenvalue weighted by molar-refractivity contribution is 6.07. The van der Waals surface area contributed by atoms with Crippen molar-refractivity contribution in [1.29, 1.82) is 0 Å². The van der Waals surface area contributed by atoms with E-state index in [1.807, 2.05) is 0 Å². The van der Waals surface area contributed by atoms with E-state index in [2.05, 4.69) is 4.74 Å². The summed E-state index contributed by atoms with van der Waals surface area (Å²) in [5.41, 5.74) is -2.30. The molecule has 1 aromatic heterocycles. The van der Waals surface area contributed by atoms with E-state index in [1.165, 1.54) is 18.4 Å². The zero-order valence-corrected chi connectivity index (χ0v) is 13.3. The quantitative estimate of drug-likeness (QED) is 0.590. The topological polar surface area (TPSA) is 129 Å². The van der Waals surface area contributed by atoms with Crippen molar-refractivity contribution in [2.45, 2.75) is 18.6 Å². The summed E-state index contributed by atoms with van der Waals surface area (Å²) in [6.45, 7) is 1.16. The number of carbonyl (C=O) groups excluding carboxylic acids is 4. The van der Waals surface area contributed by atoms with Gasteiger partial charge in [-0.05, 0) is 19.1 Å². The van der Waals surface area contributed by atoms with Crippen LogP contribution in [0.3, 0.4) is 0 Å². The van der Waals surface area contributed by atoms with Crippen LogP contribution in [0.5, 0.6) is 0 Å². The van der Waals surface area contributed by atoms with Crippen molar-refractivity contribution in [3.63, 3.8) is 0 Å². The Balaban J connectivity index is 1.96. The van der Waals surface area contributed by atoms with Gasteiger partial charge in [0, 0.05) is 0 Å². The predicted octanol–water partition coefficient (Wildman–Crippen LogP) is -0.0152. The number of fused-ring (bicyclic) bond motifs is 1. The van der Waals surface area contributed by atoms with Crippen LogP contribution in [-0.2, 0) is 28.6 Å². The standard InChI is InChI=1S/C16H14O9/c1-16(21)10-9(7(13(18)22-2)6-24-15(10)20)11(17)12(16)25-14(19)8-4-3-5-23-8/h3-6,9-10,12,21H,1-2H3/t9-,10-,12+,16-/m1/s1. The average molecular weight is 350 g/mol. The molecule has 0 spiro atoms. The number of hydrogen-bond donors (Lipinski definition) is 1. The van der Waals surface area contributed by atoms with Crippen molar-refractivity contribution in [3.8, 4) is 0 Å². The molecule has 0 radical (unpaired) electrons. The Morgan fingerprint density at radius 2 is 2.00 bits per heavy atom. The van der Waals surface area contributed by atoms with E-state index in [4.69, 9.17) is 13.9 Å². The van der Waals surface area contributed by atoms with Gasteiger partial charge in [0.15, 0.2) is 11.9 Å². The Morgan fingerprint density at radius 3 is 2.60 bits per heavy atom. The van der Waals surface area contributed by atoms with Crippen LogP contribution in [-0.4, -0.2) is 47.6 Å². The van der Waals surface area contributed by atoms with E-state index in [9.17, 15) is 24.3 Å². The molecule has 9 heteroatoms. The second-order valence-electron chi connectivity index (χ2n) is 5.85. The molecule has 9 nitrogen and oxygen atoms in total. The van der Waals surface area contributed by atoms with Crippen LogP contribution in [0.4, 0.5) is 0 Å². The summed E-state index contributed by atoms with van der Waals surface area (Å²) in [6, 6.07) is 2.76. The van der Waals surface area contributed by atoms with E-state index in [0.29, 0.717) is 0 Å². The molecule has 3 rings (SSSR count). The summed E-state index contributed by atoms with van der Waals surface area (Å²) >= 11 is 0. The Hall–Kier alpha value is -2.94. The third-order valence-electron chi connectivity index (χ3n) is 4.32. The Morgan fingerprint density at radius 1 is 1.28 bits per heavy atom. The minimum absolute atomic E-state index is 0.176. The fraction of sp³-hybridized carbons (Fsp3) is 0.375. The lowest BCUT2D eigenvalue weighted by Crippen LogP contribution is -2.48. The summed E-state index contributed by atoms with van der Waals surface area (Å²) in [5, 5.41) is 10.7. The maximum absolute atomic E-state index is 12.7. The molecule has 25 heavy (non-hydrogen) atoms. The van der Waals surface area contributed by atoms with Crippen LogP contribution in [0, 0.1) is 11.8 Å². The molecule has 132 valence electrons. The number of ketones is 1. The van der Waals surface area contributed by atoms with Gasteiger partial charge in [-0.1, -0.05) is 0 Å². The minimum Gasteiger partial charge on any atom is -0.466 e. The monoisotopic (exact) mass is 350 g/mol. The van der Waals surface area contributed by atoms with Crippen molar-refractivity contribution in [3.05, 3.63) is 36.0 Å². The second-order valence-corrected chi connectivity index (χ2v) is 5.85. The SMILES string of the molecule is COC(=O)C1=COC(=O)[C@H]2[C@@H]1C(=O)[C@H](OC(=O)c1ccco1)[C@]2(C)O. The van der Waals surface area contributed by atoms with Crippen LogP contribution >= 0.6 is 0 Å². The van der Waals surface area contributed by atoms with Gasteiger partial charge in [-0.3, -0.25) is 9.59 Å². The summed E-state index contributed by atoms with van der Waals surface area (Å²) in [7, 11) is 1.10. The van der Waals surface area contributed by atoms with Crippen molar-refractivity contribution in [2.75, 3.05) is 7.11 Å². The Bertz CT molecular complexity index is 772. The molecule has 1 N–H and O–H groups in total. The fourth-order valence-corrected chi connectivity index (χ4v) is 3.12. The smallest absolute Gasteiger partial charge is 0.375 e. The first-order valence-electron chi connectivity index (χ1n) is 7.28. The van der Waals surface area contributed by atoms with Gasteiger partial charge >= 0.3 is 17.9 Å². The molecule has 2 heterocycles. The van der Waals surface area contributed by atoms with E-state index in [-0.39, 0.29) is 11.3 Å². The van der Waals surface area contributed by atoms with Gasteiger partial charge < -0.3 is 23.7 Å². The number of carbonyl (C=O) groups is 4. The first-order chi connectivity index (χ1) is 11.8. The normalized spacial score (nSPS) is 31.0. The van der Waals surface area contributed by atoms with E-state index in [1.54, 1.807) is 0 Å². The largest absolute Gasteiger partial charge is 0.466 e. The molecule has 0 aromatic carbocycles. The Kier molecular flexibility index (Phi) is 3.96. The number of hydrogen-bond acceptors (Lipinski definition) is 9. The molecule has 0 amide bonds. The fourth-order valence-electron chi connectivity index (χ4n) is 3.12. The molecule has 4 atom stereocenters. The first-order valence-corrected chi connectivity index (χ1v) is 7.28. The number of methoxy groups -OCH3 is 1. The minimum atomic E-state index is -2.07. The van der Waals surface area contributed by atoms with Gasteiger partial charge in [0.1, 0.15) is 17.8 Å². The number of cyclic esters (lactones) is 1. The molecule has 1 saturated carbocycles. The maximum atomic E-state index is 12.7.